The normalized spacial score (nSPS) is 11.3. The van der Waals surface area contributed by atoms with Crippen LogP contribution in [0.15, 0.2) is 53.7 Å². The summed E-state index contributed by atoms with van der Waals surface area (Å²) in [5, 5.41) is 0. The van der Waals surface area contributed by atoms with Crippen molar-refractivity contribution in [2.45, 2.75) is 48.0 Å². The third-order valence-corrected chi connectivity index (χ3v) is 3.89. The quantitative estimate of drug-likeness (QED) is 0.363. The van der Waals surface area contributed by atoms with Crippen molar-refractivity contribution in [3.63, 3.8) is 0 Å². The summed E-state index contributed by atoms with van der Waals surface area (Å²) in [5.74, 6) is 0.846. The maximum Gasteiger partial charge on any atom is 0.140 e. The van der Waals surface area contributed by atoms with Gasteiger partial charge in [-0.2, -0.15) is 0 Å². The number of aryl methyl sites for hydroxylation is 3. The lowest BCUT2D eigenvalue weighted by Gasteiger charge is -2.29. The molecule has 0 spiro atoms. The van der Waals surface area contributed by atoms with Gasteiger partial charge in [-0.15, -0.1) is 0 Å². The van der Waals surface area contributed by atoms with E-state index in [0.717, 1.165) is 35.6 Å². The van der Waals surface area contributed by atoms with E-state index in [1.165, 1.54) is 22.4 Å². The van der Waals surface area contributed by atoms with Gasteiger partial charge in [-0.3, -0.25) is 0 Å². The Morgan fingerprint density at radius 3 is 2.04 bits per heavy atom. The number of rotatable bonds is 6. The van der Waals surface area contributed by atoms with Crippen molar-refractivity contribution in [3.8, 4) is 0 Å². The minimum absolute atomic E-state index is 0.769. The molecule has 0 amide bonds. The fourth-order valence-corrected chi connectivity index (χ4v) is 2.46. The molecule has 0 heterocycles. The summed E-state index contributed by atoms with van der Waals surface area (Å²) in [4.78, 5) is 6.92. The van der Waals surface area contributed by atoms with E-state index in [1.807, 2.05) is 13.8 Å². The molecule has 0 saturated carbocycles. The zero-order valence-corrected chi connectivity index (χ0v) is 15.6. The molecule has 124 valence electrons. The van der Waals surface area contributed by atoms with Crippen LogP contribution < -0.4 is 4.90 Å². The van der Waals surface area contributed by atoms with Gasteiger partial charge in [0.05, 0.1) is 0 Å². The molecule has 1 aromatic carbocycles. The molecular weight excluding hydrogens is 280 g/mol. The second-order valence-electron chi connectivity index (χ2n) is 6.30. The van der Waals surface area contributed by atoms with Crippen LogP contribution >= 0.6 is 0 Å². The van der Waals surface area contributed by atoms with Gasteiger partial charge in [-0.25, -0.2) is 4.99 Å². The van der Waals surface area contributed by atoms with Crippen molar-refractivity contribution >= 4 is 11.5 Å². The smallest absolute Gasteiger partial charge is 0.140 e. The van der Waals surface area contributed by atoms with E-state index in [-0.39, 0.29) is 0 Å². The number of aliphatic imine (C=N–C) groups is 1. The van der Waals surface area contributed by atoms with Crippen LogP contribution in [0.1, 0.15) is 43.9 Å². The van der Waals surface area contributed by atoms with Crippen LogP contribution in [0.5, 0.6) is 0 Å². The van der Waals surface area contributed by atoms with E-state index in [4.69, 9.17) is 0 Å². The molecule has 0 aromatic heterocycles. The van der Waals surface area contributed by atoms with Gasteiger partial charge < -0.3 is 4.90 Å². The van der Waals surface area contributed by atoms with Gasteiger partial charge in [-0.05, 0) is 69.4 Å². The average molecular weight is 310 g/mol. The first-order valence-electron chi connectivity index (χ1n) is 8.13. The average Bonchev–Trinajstić information content (AvgIpc) is 2.45. The summed E-state index contributed by atoms with van der Waals surface area (Å²) in [6, 6.07) is 4.47. The lowest BCUT2D eigenvalue weighted by Crippen LogP contribution is -2.34. The van der Waals surface area contributed by atoms with Crippen LogP contribution in [0.4, 0.5) is 5.69 Å². The zero-order valence-electron chi connectivity index (χ0n) is 15.6. The van der Waals surface area contributed by atoms with Crippen molar-refractivity contribution in [1.82, 2.24) is 0 Å². The Labute approximate surface area is 141 Å². The maximum atomic E-state index is 4.67. The molecule has 0 unspecified atom stereocenters. The van der Waals surface area contributed by atoms with Crippen molar-refractivity contribution in [1.29, 1.82) is 0 Å². The molecule has 2 nitrogen and oxygen atoms in total. The third-order valence-electron chi connectivity index (χ3n) is 3.89. The lowest BCUT2D eigenvalue weighted by molar-refractivity contribution is 0.896. The van der Waals surface area contributed by atoms with Crippen LogP contribution in [0.25, 0.3) is 0 Å². The van der Waals surface area contributed by atoms with Crippen LogP contribution in [0.2, 0.25) is 0 Å². The minimum Gasteiger partial charge on any atom is -0.326 e. The molecule has 0 radical (unpaired) electrons. The SMILES string of the molecule is C=C(C)/N=C(\C(=C)C(=C)C)N(CCC)c1cc(C)c(C)cc1C. The van der Waals surface area contributed by atoms with Crippen molar-refractivity contribution in [3.05, 3.63) is 65.4 Å². The van der Waals surface area contributed by atoms with E-state index in [2.05, 4.69) is 69.5 Å². The van der Waals surface area contributed by atoms with E-state index >= 15 is 0 Å². The summed E-state index contributed by atoms with van der Waals surface area (Å²) in [6.45, 7) is 25.5. The van der Waals surface area contributed by atoms with Crippen LogP contribution in [-0.2, 0) is 0 Å². The molecule has 0 fully saturated rings. The standard InChI is InChI=1S/C21H30N2/c1-10-11-23(20-13-17(7)16(6)12-18(20)8)21(22-15(4)5)19(9)14(2)3/h12-13H,2,4,9-11H2,1,3,5-8H3/b22-21+. The van der Waals surface area contributed by atoms with Gasteiger partial charge >= 0.3 is 0 Å². The maximum absolute atomic E-state index is 4.67. The Bertz CT molecular complexity index is 663. The van der Waals surface area contributed by atoms with Gasteiger partial charge in [0, 0.05) is 23.5 Å². The molecule has 23 heavy (non-hydrogen) atoms. The topological polar surface area (TPSA) is 15.6 Å². The Kier molecular flexibility index (Phi) is 6.56. The fraction of sp³-hybridized carbons (Fsp3) is 0.381. The van der Waals surface area contributed by atoms with E-state index in [0.29, 0.717) is 0 Å². The second-order valence-corrected chi connectivity index (χ2v) is 6.30. The highest BCUT2D eigenvalue weighted by atomic mass is 15.2. The number of amidine groups is 1. The molecule has 0 bridgehead atoms. The molecule has 0 atom stereocenters. The van der Waals surface area contributed by atoms with E-state index < -0.39 is 0 Å². The monoisotopic (exact) mass is 310 g/mol. The molecular formula is C21H30N2. The number of hydrogen-bond donors (Lipinski definition) is 0. The summed E-state index contributed by atoms with van der Waals surface area (Å²) in [5.41, 5.74) is 7.56. The van der Waals surface area contributed by atoms with Crippen LogP contribution in [0.3, 0.4) is 0 Å². The first kappa shape index (κ1) is 19.0. The molecule has 0 N–H and O–H groups in total. The van der Waals surface area contributed by atoms with Gasteiger partial charge in [0.15, 0.2) is 0 Å². The number of hydrogen-bond acceptors (Lipinski definition) is 1. The first-order chi connectivity index (χ1) is 10.7. The van der Waals surface area contributed by atoms with Crippen LogP contribution in [-0.4, -0.2) is 12.4 Å². The molecule has 2 heteroatoms. The highest BCUT2D eigenvalue weighted by molar-refractivity contribution is 6.12. The van der Waals surface area contributed by atoms with E-state index in [9.17, 15) is 0 Å². The summed E-state index contributed by atoms with van der Waals surface area (Å²) >= 11 is 0. The van der Waals surface area contributed by atoms with Gasteiger partial charge in [0.1, 0.15) is 5.84 Å². The van der Waals surface area contributed by atoms with Gasteiger partial charge in [0.25, 0.3) is 0 Å². The predicted octanol–water partition coefficient (Wildman–Crippen LogP) is 5.89. The van der Waals surface area contributed by atoms with Crippen molar-refractivity contribution in [2.75, 3.05) is 11.4 Å². The Hall–Kier alpha value is -2.09. The number of nitrogens with zero attached hydrogens (tertiary/aromatic N) is 2. The van der Waals surface area contributed by atoms with Crippen LogP contribution in [0, 0.1) is 20.8 Å². The third kappa shape index (κ3) is 4.69. The molecule has 1 rings (SSSR count). The Morgan fingerprint density at radius 1 is 1.00 bits per heavy atom. The van der Waals surface area contributed by atoms with E-state index in [1.54, 1.807) is 0 Å². The Morgan fingerprint density at radius 2 is 1.57 bits per heavy atom. The molecule has 1 aromatic rings. The zero-order chi connectivity index (χ0) is 17.7. The Balaban J connectivity index is 3.54. The predicted molar refractivity (Wildman–Crippen MR) is 104 cm³/mol. The molecule has 0 aliphatic heterocycles. The minimum atomic E-state index is 0.769. The number of allylic oxidation sites excluding steroid dienone is 1. The molecule has 0 aliphatic carbocycles. The van der Waals surface area contributed by atoms with Crippen molar-refractivity contribution < 1.29 is 0 Å². The summed E-state index contributed by atoms with van der Waals surface area (Å²) in [7, 11) is 0. The van der Waals surface area contributed by atoms with Gasteiger partial charge in [0.2, 0.25) is 0 Å². The summed E-state index contributed by atoms with van der Waals surface area (Å²) < 4.78 is 0. The first-order valence-corrected chi connectivity index (χ1v) is 8.13. The van der Waals surface area contributed by atoms with Gasteiger partial charge in [-0.1, -0.05) is 32.7 Å². The highest BCUT2D eigenvalue weighted by Crippen LogP contribution is 2.27. The molecule has 0 saturated heterocycles. The highest BCUT2D eigenvalue weighted by Gasteiger charge is 2.19. The second kappa shape index (κ2) is 7.96. The number of anilines is 1. The van der Waals surface area contributed by atoms with Crippen molar-refractivity contribution in [2.24, 2.45) is 4.99 Å². The lowest BCUT2D eigenvalue weighted by atomic mass is 10.0. The molecule has 0 aliphatic rings. The fourth-order valence-electron chi connectivity index (χ4n) is 2.46. The largest absolute Gasteiger partial charge is 0.326 e. The summed E-state index contributed by atoms with van der Waals surface area (Å²) in [6.07, 6.45) is 1.02. The number of benzene rings is 1.